The van der Waals surface area contributed by atoms with E-state index in [4.69, 9.17) is 14.6 Å². The molecule has 2 rings (SSSR count). The lowest BCUT2D eigenvalue weighted by Crippen LogP contribution is -2.37. The number of aliphatic hydroxyl groups excluding tert-OH is 1. The van der Waals surface area contributed by atoms with Crippen molar-refractivity contribution in [3.63, 3.8) is 0 Å². The number of benzene rings is 1. The van der Waals surface area contributed by atoms with Crippen LogP contribution in [0, 0.1) is 5.92 Å². The van der Waals surface area contributed by atoms with E-state index in [-0.39, 0.29) is 24.5 Å². The smallest absolute Gasteiger partial charge is 0.251 e. The first-order valence-electron chi connectivity index (χ1n) is 8.69. The predicted octanol–water partition coefficient (Wildman–Crippen LogP) is 3.11. The molecule has 1 aliphatic carbocycles. The van der Waals surface area contributed by atoms with Crippen LogP contribution in [0.25, 0.3) is 0 Å². The van der Waals surface area contributed by atoms with E-state index in [2.05, 4.69) is 19.2 Å². The highest BCUT2D eigenvalue weighted by Crippen LogP contribution is 2.36. The molecule has 24 heavy (non-hydrogen) atoms. The van der Waals surface area contributed by atoms with Gasteiger partial charge in [0.25, 0.3) is 5.91 Å². The van der Waals surface area contributed by atoms with E-state index in [1.54, 1.807) is 26.4 Å². The SMILES string of the molecule is COc1cc(C(=O)NC2CCCC2CCO)cc(OC)c1C(C)C. The average Bonchev–Trinajstić information content (AvgIpc) is 3.00. The van der Waals surface area contributed by atoms with Crippen molar-refractivity contribution in [2.75, 3.05) is 20.8 Å². The summed E-state index contributed by atoms with van der Waals surface area (Å²) in [6.07, 6.45) is 3.86. The zero-order chi connectivity index (χ0) is 17.7. The number of rotatable bonds is 7. The zero-order valence-electron chi connectivity index (χ0n) is 15.1. The summed E-state index contributed by atoms with van der Waals surface area (Å²) in [5.41, 5.74) is 1.51. The Morgan fingerprint density at radius 2 is 1.88 bits per heavy atom. The second-order valence-electron chi connectivity index (χ2n) is 6.73. The van der Waals surface area contributed by atoms with E-state index in [1.165, 1.54) is 0 Å². The minimum Gasteiger partial charge on any atom is -0.496 e. The molecule has 1 fully saturated rings. The topological polar surface area (TPSA) is 67.8 Å². The minimum absolute atomic E-state index is 0.114. The van der Waals surface area contributed by atoms with Crippen LogP contribution in [-0.2, 0) is 0 Å². The molecule has 1 saturated carbocycles. The first-order valence-corrected chi connectivity index (χ1v) is 8.69. The number of amides is 1. The number of ether oxygens (including phenoxy) is 2. The number of nitrogens with one attached hydrogen (secondary N) is 1. The van der Waals surface area contributed by atoms with Crippen molar-refractivity contribution in [3.8, 4) is 11.5 Å². The molecule has 1 aromatic rings. The van der Waals surface area contributed by atoms with Crippen molar-refractivity contribution in [3.05, 3.63) is 23.3 Å². The molecule has 2 unspecified atom stereocenters. The van der Waals surface area contributed by atoms with Gasteiger partial charge in [0.15, 0.2) is 0 Å². The molecular formula is C19H29NO4. The number of carbonyl (C=O) groups excluding carboxylic acids is 1. The van der Waals surface area contributed by atoms with Crippen LogP contribution in [0.15, 0.2) is 12.1 Å². The number of hydrogen-bond donors (Lipinski definition) is 2. The van der Waals surface area contributed by atoms with Gasteiger partial charge in [-0.05, 0) is 43.2 Å². The van der Waals surface area contributed by atoms with E-state index < -0.39 is 0 Å². The normalized spacial score (nSPS) is 20.2. The summed E-state index contributed by atoms with van der Waals surface area (Å²) in [6, 6.07) is 3.69. The lowest BCUT2D eigenvalue weighted by atomic mass is 9.97. The summed E-state index contributed by atoms with van der Waals surface area (Å²) in [6.45, 7) is 4.30. The molecule has 0 bridgehead atoms. The van der Waals surface area contributed by atoms with E-state index in [0.29, 0.717) is 23.0 Å². The number of hydrogen-bond acceptors (Lipinski definition) is 4. The number of methoxy groups -OCH3 is 2. The van der Waals surface area contributed by atoms with E-state index >= 15 is 0 Å². The summed E-state index contributed by atoms with van der Waals surface area (Å²) in [4.78, 5) is 12.7. The standard InChI is InChI=1S/C19H29NO4/c1-12(2)18-16(23-3)10-14(11-17(18)24-4)19(22)20-15-7-5-6-13(15)8-9-21/h10-13,15,21H,5-9H2,1-4H3,(H,20,22). The highest BCUT2D eigenvalue weighted by atomic mass is 16.5. The first kappa shape index (κ1) is 18.6. The number of carbonyl (C=O) groups is 1. The van der Waals surface area contributed by atoms with Crippen molar-refractivity contribution in [1.29, 1.82) is 0 Å². The Labute approximate surface area is 144 Å². The predicted molar refractivity (Wildman–Crippen MR) is 93.9 cm³/mol. The third kappa shape index (κ3) is 4.01. The van der Waals surface area contributed by atoms with E-state index in [1.807, 2.05) is 0 Å². The molecule has 1 aliphatic rings. The Balaban J connectivity index is 2.23. The van der Waals surface area contributed by atoms with Gasteiger partial charge in [0, 0.05) is 23.8 Å². The summed E-state index contributed by atoms with van der Waals surface area (Å²) < 4.78 is 11.0. The fourth-order valence-electron chi connectivity index (χ4n) is 3.63. The van der Waals surface area contributed by atoms with Crippen LogP contribution in [-0.4, -0.2) is 37.9 Å². The molecular weight excluding hydrogens is 306 g/mol. The zero-order valence-corrected chi connectivity index (χ0v) is 15.1. The fraction of sp³-hybridized carbons (Fsp3) is 0.632. The van der Waals surface area contributed by atoms with Crippen LogP contribution in [0.1, 0.15) is 61.4 Å². The van der Waals surface area contributed by atoms with Crippen LogP contribution in [0.3, 0.4) is 0 Å². The van der Waals surface area contributed by atoms with Crippen LogP contribution in [0.5, 0.6) is 11.5 Å². The molecule has 0 radical (unpaired) electrons. The Morgan fingerprint density at radius 1 is 1.25 bits per heavy atom. The Bertz CT molecular complexity index is 545. The fourth-order valence-corrected chi connectivity index (χ4v) is 3.63. The maximum absolute atomic E-state index is 12.7. The van der Waals surface area contributed by atoms with Gasteiger partial charge in [0.2, 0.25) is 0 Å². The highest BCUT2D eigenvalue weighted by molar-refractivity contribution is 5.95. The van der Waals surface area contributed by atoms with Gasteiger partial charge in [-0.1, -0.05) is 20.3 Å². The summed E-state index contributed by atoms with van der Waals surface area (Å²) in [5.74, 6) is 1.82. The van der Waals surface area contributed by atoms with Crippen molar-refractivity contribution in [2.45, 2.75) is 51.5 Å². The molecule has 2 atom stereocenters. The van der Waals surface area contributed by atoms with Crippen molar-refractivity contribution >= 4 is 5.91 Å². The van der Waals surface area contributed by atoms with Crippen LogP contribution in [0.4, 0.5) is 0 Å². The third-order valence-corrected chi connectivity index (χ3v) is 4.86. The summed E-state index contributed by atoms with van der Waals surface area (Å²) >= 11 is 0. The van der Waals surface area contributed by atoms with Crippen molar-refractivity contribution in [1.82, 2.24) is 5.32 Å². The molecule has 0 aliphatic heterocycles. The molecule has 0 spiro atoms. The van der Waals surface area contributed by atoms with Crippen LogP contribution >= 0.6 is 0 Å². The summed E-state index contributed by atoms with van der Waals surface area (Å²) in [7, 11) is 3.22. The second kappa shape index (κ2) is 8.38. The highest BCUT2D eigenvalue weighted by Gasteiger charge is 2.29. The van der Waals surface area contributed by atoms with E-state index in [0.717, 1.165) is 31.2 Å². The number of aliphatic hydroxyl groups is 1. The van der Waals surface area contributed by atoms with Gasteiger partial charge >= 0.3 is 0 Å². The molecule has 5 nitrogen and oxygen atoms in total. The molecule has 5 heteroatoms. The van der Waals surface area contributed by atoms with Gasteiger partial charge < -0.3 is 19.9 Å². The van der Waals surface area contributed by atoms with Gasteiger partial charge in [0.05, 0.1) is 14.2 Å². The minimum atomic E-state index is -0.114. The van der Waals surface area contributed by atoms with Crippen molar-refractivity contribution < 1.29 is 19.4 Å². The second-order valence-corrected chi connectivity index (χ2v) is 6.73. The molecule has 2 N–H and O–H groups in total. The van der Waals surface area contributed by atoms with E-state index in [9.17, 15) is 4.79 Å². The quantitative estimate of drug-likeness (QED) is 0.803. The Morgan fingerprint density at radius 3 is 2.38 bits per heavy atom. The lowest BCUT2D eigenvalue weighted by molar-refractivity contribution is 0.0922. The van der Waals surface area contributed by atoms with Gasteiger partial charge in [-0.15, -0.1) is 0 Å². The Hall–Kier alpha value is -1.75. The molecule has 1 aromatic carbocycles. The van der Waals surface area contributed by atoms with Gasteiger partial charge in [-0.3, -0.25) is 4.79 Å². The lowest BCUT2D eigenvalue weighted by Gasteiger charge is -2.22. The van der Waals surface area contributed by atoms with Gasteiger partial charge in [-0.2, -0.15) is 0 Å². The van der Waals surface area contributed by atoms with Gasteiger partial charge in [-0.25, -0.2) is 0 Å². The molecule has 0 heterocycles. The molecule has 134 valence electrons. The van der Waals surface area contributed by atoms with Gasteiger partial charge in [0.1, 0.15) is 11.5 Å². The average molecular weight is 335 g/mol. The summed E-state index contributed by atoms with van der Waals surface area (Å²) in [5, 5.41) is 12.3. The molecule has 0 saturated heterocycles. The maximum Gasteiger partial charge on any atom is 0.251 e. The first-order chi connectivity index (χ1) is 11.5. The monoisotopic (exact) mass is 335 g/mol. The maximum atomic E-state index is 12.7. The Kier molecular flexibility index (Phi) is 6.49. The van der Waals surface area contributed by atoms with Crippen molar-refractivity contribution in [2.24, 2.45) is 5.92 Å². The third-order valence-electron chi connectivity index (χ3n) is 4.86. The largest absolute Gasteiger partial charge is 0.496 e. The van der Waals surface area contributed by atoms with Crippen LogP contribution < -0.4 is 14.8 Å². The van der Waals surface area contributed by atoms with Crippen LogP contribution in [0.2, 0.25) is 0 Å². The molecule has 1 amide bonds. The molecule has 0 aromatic heterocycles.